The summed E-state index contributed by atoms with van der Waals surface area (Å²) in [5.41, 5.74) is 0. The van der Waals surface area contributed by atoms with Crippen LogP contribution in [0.2, 0.25) is 0 Å². The third-order valence-electron chi connectivity index (χ3n) is 11.2. The zero-order chi connectivity index (χ0) is 45.7. The average molecular weight is 897 g/mol. The van der Waals surface area contributed by atoms with E-state index in [1.807, 2.05) is 21.1 Å². The molecule has 0 saturated carbocycles. The molecule has 0 aliphatic heterocycles. The number of nitrogens with zero attached hydrogens (tertiary/aromatic N) is 1. The first-order valence-corrected chi connectivity index (χ1v) is 27.2. The van der Waals surface area contributed by atoms with E-state index in [0.29, 0.717) is 17.4 Å². The molecule has 2 atom stereocenters. The molecule has 0 aliphatic carbocycles. The zero-order valence-electron chi connectivity index (χ0n) is 41.1. The van der Waals surface area contributed by atoms with E-state index in [4.69, 9.17) is 18.5 Å². The summed E-state index contributed by atoms with van der Waals surface area (Å²) >= 11 is 0. The van der Waals surface area contributed by atoms with Crippen molar-refractivity contribution in [3.63, 3.8) is 0 Å². The zero-order valence-corrected chi connectivity index (χ0v) is 42.0. The molecule has 0 aromatic heterocycles. The average Bonchev–Trinajstić information content (AvgIpc) is 3.23. The molecule has 62 heavy (non-hydrogen) atoms. The first-order chi connectivity index (χ1) is 30.0. The third-order valence-corrected chi connectivity index (χ3v) is 12.2. The van der Waals surface area contributed by atoms with Gasteiger partial charge in [-0.25, -0.2) is 4.57 Å². The van der Waals surface area contributed by atoms with Gasteiger partial charge >= 0.3 is 19.8 Å². The Bertz CT molecular complexity index is 1150. The van der Waals surface area contributed by atoms with Crippen molar-refractivity contribution in [2.75, 3.05) is 47.5 Å². The molecule has 0 fully saturated rings. The lowest BCUT2D eigenvalue weighted by Crippen LogP contribution is -2.37. The standard InChI is InChI=1S/C52H98NO8P/c1-6-8-10-12-14-16-18-20-22-24-25-26-27-29-30-32-34-36-38-40-42-44-51(54)58-48-50(49-60-62(56,57)59-47-46-53(3,4)5)61-52(55)45-43-41-39-37-35-33-31-28-23-21-19-17-15-13-11-9-7-2/h21,23,31,33,37,39,50H,6-20,22,24-30,32,34-36,38,40-49H2,1-5H3/p+1/b23-21+,33-31+,39-37+/t50-/m1/s1. The number of hydrogen-bond acceptors (Lipinski definition) is 7. The van der Waals surface area contributed by atoms with Gasteiger partial charge in [0.05, 0.1) is 27.7 Å². The lowest BCUT2D eigenvalue weighted by molar-refractivity contribution is -0.870. The second-order valence-corrected chi connectivity index (χ2v) is 20.0. The monoisotopic (exact) mass is 897 g/mol. The lowest BCUT2D eigenvalue weighted by Gasteiger charge is -2.24. The van der Waals surface area contributed by atoms with Crippen LogP contribution >= 0.6 is 7.82 Å². The molecule has 0 radical (unpaired) electrons. The Morgan fingerprint density at radius 2 is 0.887 bits per heavy atom. The fourth-order valence-corrected chi connectivity index (χ4v) is 7.89. The van der Waals surface area contributed by atoms with Gasteiger partial charge in [0.1, 0.15) is 19.8 Å². The van der Waals surface area contributed by atoms with E-state index in [1.165, 1.54) is 154 Å². The topological polar surface area (TPSA) is 108 Å². The van der Waals surface area contributed by atoms with E-state index in [2.05, 4.69) is 50.3 Å². The predicted octanol–water partition coefficient (Wildman–Crippen LogP) is 15.3. The van der Waals surface area contributed by atoms with Gasteiger partial charge in [-0.15, -0.1) is 0 Å². The molecule has 0 aromatic rings. The number of unbranched alkanes of at least 4 members (excludes halogenated alkanes) is 27. The maximum absolute atomic E-state index is 12.7. The molecule has 0 spiro atoms. The quantitative estimate of drug-likeness (QED) is 0.0212. The van der Waals surface area contributed by atoms with Crippen LogP contribution in [0.1, 0.15) is 232 Å². The highest BCUT2D eigenvalue weighted by atomic mass is 31.2. The first-order valence-electron chi connectivity index (χ1n) is 25.7. The van der Waals surface area contributed by atoms with E-state index in [0.717, 1.165) is 44.9 Å². The molecule has 9 nitrogen and oxygen atoms in total. The van der Waals surface area contributed by atoms with Crippen LogP contribution in [0.4, 0.5) is 0 Å². The van der Waals surface area contributed by atoms with Crippen LogP contribution in [-0.4, -0.2) is 74.9 Å². The van der Waals surface area contributed by atoms with Gasteiger partial charge in [-0.05, 0) is 44.9 Å². The normalized spacial score (nSPS) is 13.7. The Hall–Kier alpha value is -1.77. The second kappa shape index (κ2) is 44.4. The number of likely N-dealkylation sites (N-methyl/N-ethyl adjacent to an activating group) is 1. The molecule has 0 bridgehead atoms. The first kappa shape index (κ1) is 60.2. The summed E-state index contributed by atoms with van der Waals surface area (Å²) < 4.78 is 34.4. The summed E-state index contributed by atoms with van der Waals surface area (Å²) in [5, 5.41) is 0. The van der Waals surface area contributed by atoms with Gasteiger partial charge in [0, 0.05) is 12.8 Å². The fraction of sp³-hybridized carbons (Fsp3) is 0.846. The van der Waals surface area contributed by atoms with E-state index < -0.39 is 26.5 Å². The maximum Gasteiger partial charge on any atom is 0.472 e. The van der Waals surface area contributed by atoms with Crippen molar-refractivity contribution < 1.29 is 42.1 Å². The minimum atomic E-state index is -4.39. The van der Waals surface area contributed by atoms with Crippen LogP contribution in [0.3, 0.4) is 0 Å². The highest BCUT2D eigenvalue weighted by Crippen LogP contribution is 2.43. The summed E-state index contributed by atoms with van der Waals surface area (Å²) in [5.74, 6) is -0.850. The molecule has 0 saturated heterocycles. The van der Waals surface area contributed by atoms with E-state index in [-0.39, 0.29) is 32.0 Å². The SMILES string of the molecule is CCCCCCCC/C=C/C/C=C/C/C=C/CCCC(=O)O[C@H](COC(=O)CCCCCCCCCCCCCCCCCCCCCCC)COP(=O)(O)OCC[N+](C)(C)C. The van der Waals surface area contributed by atoms with E-state index in [9.17, 15) is 19.0 Å². The van der Waals surface area contributed by atoms with Crippen molar-refractivity contribution in [1.29, 1.82) is 0 Å². The van der Waals surface area contributed by atoms with Crippen LogP contribution in [0.25, 0.3) is 0 Å². The number of phosphoric acid groups is 1. The van der Waals surface area contributed by atoms with Crippen LogP contribution < -0.4 is 0 Å². The number of quaternary nitrogens is 1. The largest absolute Gasteiger partial charge is 0.472 e. The van der Waals surface area contributed by atoms with Crippen LogP contribution in [0, 0.1) is 0 Å². The molecule has 1 N–H and O–H groups in total. The minimum absolute atomic E-state index is 0.0237. The number of phosphoric ester groups is 1. The fourth-order valence-electron chi connectivity index (χ4n) is 7.15. The second-order valence-electron chi connectivity index (χ2n) is 18.6. The van der Waals surface area contributed by atoms with Gasteiger partial charge < -0.3 is 18.9 Å². The molecule has 0 aliphatic rings. The smallest absolute Gasteiger partial charge is 0.462 e. The van der Waals surface area contributed by atoms with Crippen molar-refractivity contribution >= 4 is 19.8 Å². The third kappa shape index (κ3) is 47.7. The molecule has 1 unspecified atom stereocenters. The van der Waals surface area contributed by atoms with Gasteiger partial charge in [0.15, 0.2) is 6.10 Å². The highest BCUT2D eigenvalue weighted by molar-refractivity contribution is 7.47. The van der Waals surface area contributed by atoms with Crippen molar-refractivity contribution in [2.45, 2.75) is 238 Å². The molecule has 0 heterocycles. The predicted molar refractivity (Wildman–Crippen MR) is 261 cm³/mol. The number of ether oxygens (including phenoxy) is 2. The van der Waals surface area contributed by atoms with Gasteiger partial charge in [0.2, 0.25) is 0 Å². The van der Waals surface area contributed by atoms with Crippen LogP contribution in [0.15, 0.2) is 36.5 Å². The number of allylic oxidation sites excluding steroid dienone is 6. The lowest BCUT2D eigenvalue weighted by atomic mass is 10.0. The van der Waals surface area contributed by atoms with Gasteiger partial charge in [-0.3, -0.25) is 18.6 Å². The summed E-state index contributed by atoms with van der Waals surface area (Å²) in [7, 11) is 1.45. The summed E-state index contributed by atoms with van der Waals surface area (Å²) in [6.07, 6.45) is 52.1. The van der Waals surface area contributed by atoms with Crippen molar-refractivity contribution in [3.05, 3.63) is 36.5 Å². The maximum atomic E-state index is 12.7. The number of esters is 2. The Morgan fingerprint density at radius 3 is 1.34 bits per heavy atom. The van der Waals surface area contributed by atoms with Crippen molar-refractivity contribution in [2.24, 2.45) is 0 Å². The van der Waals surface area contributed by atoms with Crippen LogP contribution in [-0.2, 0) is 32.7 Å². The van der Waals surface area contributed by atoms with Gasteiger partial charge in [0.25, 0.3) is 0 Å². The molecule has 0 aromatic carbocycles. The Morgan fingerprint density at radius 1 is 0.500 bits per heavy atom. The number of hydrogen-bond donors (Lipinski definition) is 1. The van der Waals surface area contributed by atoms with Gasteiger partial charge in [-0.1, -0.05) is 211 Å². The molecular formula is C52H99NO8P+. The summed E-state index contributed by atoms with van der Waals surface area (Å²) in [4.78, 5) is 35.5. The summed E-state index contributed by atoms with van der Waals surface area (Å²) in [6.45, 7) is 4.39. The molecule has 0 rings (SSSR count). The van der Waals surface area contributed by atoms with Gasteiger partial charge in [-0.2, -0.15) is 0 Å². The number of carbonyl (C=O) groups excluding carboxylic acids is 2. The Labute approximate surface area is 382 Å². The number of rotatable bonds is 47. The van der Waals surface area contributed by atoms with Crippen LogP contribution in [0.5, 0.6) is 0 Å². The highest BCUT2D eigenvalue weighted by Gasteiger charge is 2.27. The Kier molecular flexibility index (Phi) is 43.2. The summed E-state index contributed by atoms with van der Waals surface area (Å²) in [6, 6.07) is 0. The molecule has 0 amide bonds. The molecular weight excluding hydrogens is 798 g/mol. The van der Waals surface area contributed by atoms with Crippen molar-refractivity contribution in [1.82, 2.24) is 0 Å². The van der Waals surface area contributed by atoms with E-state index in [1.54, 1.807) is 0 Å². The Balaban J connectivity index is 4.28. The minimum Gasteiger partial charge on any atom is -0.462 e. The number of carbonyl (C=O) groups is 2. The van der Waals surface area contributed by atoms with E-state index >= 15 is 0 Å². The molecule has 364 valence electrons. The molecule has 10 heteroatoms. The van der Waals surface area contributed by atoms with Crippen molar-refractivity contribution in [3.8, 4) is 0 Å².